The van der Waals surface area contributed by atoms with Crippen LogP contribution in [0.5, 0.6) is 0 Å². The molecule has 0 saturated carbocycles. The van der Waals surface area contributed by atoms with Gasteiger partial charge in [-0.3, -0.25) is 0 Å². The first-order valence-corrected chi connectivity index (χ1v) is 6.08. The van der Waals surface area contributed by atoms with Gasteiger partial charge in [-0.15, -0.1) is 0 Å². The van der Waals surface area contributed by atoms with E-state index in [9.17, 15) is 0 Å². The number of rotatable bonds is 3. The van der Waals surface area contributed by atoms with E-state index in [4.69, 9.17) is 5.26 Å². The lowest BCUT2D eigenvalue weighted by molar-refractivity contribution is 0.238. The minimum atomic E-state index is 0.223. The summed E-state index contributed by atoms with van der Waals surface area (Å²) in [6, 6.07) is 2.09. The van der Waals surface area contributed by atoms with Crippen molar-refractivity contribution in [3.63, 3.8) is 0 Å². The SMILES string of the molecule is CC(C)(C)C(CBr)Cn1ccnc1C#N. The Bertz CT molecular complexity index is 357. The Labute approximate surface area is 99.2 Å². The van der Waals surface area contributed by atoms with Crippen molar-refractivity contribution >= 4 is 15.9 Å². The Kier molecular flexibility index (Phi) is 3.92. The molecule has 1 aromatic rings. The lowest BCUT2D eigenvalue weighted by Crippen LogP contribution is -2.26. The van der Waals surface area contributed by atoms with Crippen molar-refractivity contribution in [3.8, 4) is 6.07 Å². The largest absolute Gasteiger partial charge is 0.322 e. The normalized spacial score (nSPS) is 13.5. The van der Waals surface area contributed by atoms with E-state index >= 15 is 0 Å². The van der Waals surface area contributed by atoms with Crippen molar-refractivity contribution in [2.45, 2.75) is 27.3 Å². The number of nitriles is 1. The number of nitrogens with zero attached hydrogens (tertiary/aromatic N) is 3. The third-order valence-electron chi connectivity index (χ3n) is 2.64. The van der Waals surface area contributed by atoms with Gasteiger partial charge in [0.1, 0.15) is 6.07 Å². The highest BCUT2D eigenvalue weighted by molar-refractivity contribution is 9.09. The van der Waals surface area contributed by atoms with Crippen LogP contribution in [0.4, 0.5) is 0 Å². The molecule has 1 atom stereocenters. The number of hydrogen-bond acceptors (Lipinski definition) is 2. The number of halogens is 1. The molecule has 1 rings (SSSR count). The minimum absolute atomic E-state index is 0.223. The van der Waals surface area contributed by atoms with Crippen LogP contribution in [-0.2, 0) is 6.54 Å². The molecule has 0 fully saturated rings. The van der Waals surface area contributed by atoms with Crippen molar-refractivity contribution in [3.05, 3.63) is 18.2 Å². The Balaban J connectivity index is 2.81. The van der Waals surface area contributed by atoms with Crippen LogP contribution < -0.4 is 0 Å². The molecule has 0 aliphatic heterocycles. The van der Waals surface area contributed by atoms with Crippen LogP contribution in [0, 0.1) is 22.7 Å². The molecule has 3 nitrogen and oxygen atoms in total. The van der Waals surface area contributed by atoms with Crippen molar-refractivity contribution < 1.29 is 0 Å². The first-order chi connectivity index (χ1) is 6.99. The van der Waals surface area contributed by atoms with Crippen LogP contribution in [0.15, 0.2) is 12.4 Å². The van der Waals surface area contributed by atoms with E-state index in [-0.39, 0.29) is 5.41 Å². The topological polar surface area (TPSA) is 41.6 Å². The van der Waals surface area contributed by atoms with Gasteiger partial charge >= 0.3 is 0 Å². The Hall–Kier alpha value is -0.820. The molecule has 0 N–H and O–H groups in total. The second-order valence-corrected chi connectivity index (χ2v) is 5.38. The smallest absolute Gasteiger partial charge is 0.212 e. The Morgan fingerprint density at radius 2 is 2.27 bits per heavy atom. The summed E-state index contributed by atoms with van der Waals surface area (Å²) in [6.45, 7) is 7.46. The number of alkyl halides is 1. The van der Waals surface area contributed by atoms with E-state index < -0.39 is 0 Å². The third-order valence-corrected chi connectivity index (χ3v) is 3.43. The molecule has 0 bridgehead atoms. The molecule has 82 valence electrons. The Morgan fingerprint density at radius 1 is 1.60 bits per heavy atom. The summed E-state index contributed by atoms with van der Waals surface area (Å²) < 4.78 is 1.91. The zero-order valence-corrected chi connectivity index (χ0v) is 11.0. The van der Waals surface area contributed by atoms with Gasteiger partial charge in [0.25, 0.3) is 0 Å². The molecule has 0 radical (unpaired) electrons. The van der Waals surface area contributed by atoms with Gasteiger partial charge in [0, 0.05) is 24.3 Å². The summed E-state index contributed by atoms with van der Waals surface area (Å²) in [4.78, 5) is 3.99. The zero-order chi connectivity index (χ0) is 11.5. The maximum atomic E-state index is 8.85. The molecule has 0 aromatic carbocycles. The summed E-state index contributed by atoms with van der Waals surface area (Å²) >= 11 is 3.53. The second kappa shape index (κ2) is 4.80. The lowest BCUT2D eigenvalue weighted by Gasteiger charge is -2.29. The van der Waals surface area contributed by atoms with Gasteiger partial charge in [-0.2, -0.15) is 5.26 Å². The average molecular weight is 270 g/mol. The van der Waals surface area contributed by atoms with Crippen molar-refractivity contribution in [1.82, 2.24) is 9.55 Å². The molecule has 0 saturated heterocycles. The summed E-state index contributed by atoms with van der Waals surface area (Å²) in [6.07, 6.45) is 3.53. The van der Waals surface area contributed by atoms with E-state index in [1.54, 1.807) is 6.20 Å². The number of aromatic nitrogens is 2. The van der Waals surface area contributed by atoms with E-state index in [1.807, 2.05) is 10.8 Å². The molecule has 1 unspecified atom stereocenters. The molecule has 0 aliphatic rings. The van der Waals surface area contributed by atoms with Crippen LogP contribution in [0.2, 0.25) is 0 Å². The molecular formula is C11H16BrN3. The monoisotopic (exact) mass is 269 g/mol. The first-order valence-electron chi connectivity index (χ1n) is 4.96. The average Bonchev–Trinajstić information content (AvgIpc) is 2.59. The van der Waals surface area contributed by atoms with Gasteiger partial charge in [0.15, 0.2) is 0 Å². The molecule has 1 aromatic heterocycles. The zero-order valence-electron chi connectivity index (χ0n) is 9.37. The summed E-state index contributed by atoms with van der Waals surface area (Å²) in [5, 5.41) is 9.78. The van der Waals surface area contributed by atoms with Gasteiger partial charge in [0.05, 0.1) is 0 Å². The maximum absolute atomic E-state index is 8.85. The fourth-order valence-electron chi connectivity index (χ4n) is 1.36. The molecule has 1 heterocycles. The van der Waals surface area contributed by atoms with Crippen molar-refractivity contribution in [2.24, 2.45) is 11.3 Å². The maximum Gasteiger partial charge on any atom is 0.212 e. The van der Waals surface area contributed by atoms with E-state index in [0.717, 1.165) is 11.9 Å². The molecule has 0 aliphatic carbocycles. The number of imidazole rings is 1. The molecule has 15 heavy (non-hydrogen) atoms. The van der Waals surface area contributed by atoms with Crippen LogP contribution in [0.25, 0.3) is 0 Å². The summed E-state index contributed by atoms with van der Waals surface area (Å²) in [5.74, 6) is 0.976. The van der Waals surface area contributed by atoms with Crippen LogP contribution in [0.1, 0.15) is 26.6 Å². The molecule has 0 amide bonds. The van der Waals surface area contributed by atoms with Crippen LogP contribution in [-0.4, -0.2) is 14.9 Å². The van der Waals surface area contributed by atoms with Gasteiger partial charge in [0.2, 0.25) is 5.82 Å². The third kappa shape index (κ3) is 3.07. The van der Waals surface area contributed by atoms with Gasteiger partial charge in [-0.05, 0) is 11.3 Å². The van der Waals surface area contributed by atoms with Crippen molar-refractivity contribution in [1.29, 1.82) is 5.26 Å². The standard InChI is InChI=1S/C11H16BrN3/c1-11(2,3)9(6-12)8-15-5-4-14-10(15)7-13/h4-5,9H,6,8H2,1-3H3. The van der Waals surface area contributed by atoms with E-state index in [2.05, 4.69) is 47.8 Å². The van der Waals surface area contributed by atoms with Crippen LogP contribution >= 0.6 is 15.9 Å². The van der Waals surface area contributed by atoms with E-state index in [1.165, 1.54) is 0 Å². The highest BCUT2D eigenvalue weighted by Crippen LogP contribution is 2.29. The predicted molar refractivity (Wildman–Crippen MR) is 63.7 cm³/mol. The lowest BCUT2D eigenvalue weighted by atomic mass is 9.82. The highest BCUT2D eigenvalue weighted by atomic mass is 79.9. The van der Waals surface area contributed by atoms with Crippen molar-refractivity contribution in [2.75, 3.05) is 5.33 Å². The Morgan fingerprint density at radius 3 is 2.73 bits per heavy atom. The predicted octanol–water partition coefficient (Wildman–Crippen LogP) is 2.81. The van der Waals surface area contributed by atoms with Gasteiger partial charge < -0.3 is 4.57 Å². The minimum Gasteiger partial charge on any atom is -0.322 e. The second-order valence-electron chi connectivity index (χ2n) is 4.73. The highest BCUT2D eigenvalue weighted by Gasteiger charge is 2.24. The fourth-order valence-corrected chi connectivity index (χ4v) is 2.54. The van der Waals surface area contributed by atoms with E-state index in [0.29, 0.717) is 11.7 Å². The summed E-state index contributed by atoms with van der Waals surface area (Å²) in [5.41, 5.74) is 0.223. The van der Waals surface area contributed by atoms with Gasteiger partial charge in [-0.1, -0.05) is 36.7 Å². The fraction of sp³-hybridized carbons (Fsp3) is 0.636. The van der Waals surface area contributed by atoms with Gasteiger partial charge in [-0.25, -0.2) is 4.98 Å². The first kappa shape index (κ1) is 12.3. The quantitative estimate of drug-likeness (QED) is 0.792. The summed E-state index contributed by atoms with van der Waals surface area (Å²) in [7, 11) is 0. The number of hydrogen-bond donors (Lipinski definition) is 0. The molecular weight excluding hydrogens is 254 g/mol. The molecule has 4 heteroatoms. The van der Waals surface area contributed by atoms with Crippen LogP contribution in [0.3, 0.4) is 0 Å². The molecule has 0 spiro atoms.